The third-order valence-corrected chi connectivity index (χ3v) is 2.91. The van der Waals surface area contributed by atoms with E-state index >= 15 is 0 Å². The molecule has 8 heteroatoms. The summed E-state index contributed by atoms with van der Waals surface area (Å²) in [5.41, 5.74) is 0.404. The van der Waals surface area contributed by atoms with Gasteiger partial charge in [-0.25, -0.2) is 4.79 Å². The van der Waals surface area contributed by atoms with Crippen molar-refractivity contribution >= 4 is 11.9 Å². The largest absolute Gasteiger partial charge is 0.493 e. The summed E-state index contributed by atoms with van der Waals surface area (Å²) in [5.74, 6) is 0.557. The van der Waals surface area contributed by atoms with Crippen LogP contribution in [0.3, 0.4) is 0 Å². The lowest BCUT2D eigenvalue weighted by Gasteiger charge is -2.10. The fourth-order valence-corrected chi connectivity index (χ4v) is 1.79. The lowest BCUT2D eigenvalue weighted by molar-refractivity contribution is -0.122. The van der Waals surface area contributed by atoms with Gasteiger partial charge < -0.3 is 19.2 Å². The van der Waals surface area contributed by atoms with Gasteiger partial charge in [0.25, 0.3) is 5.91 Å². The van der Waals surface area contributed by atoms with Gasteiger partial charge in [0.05, 0.1) is 31.6 Å². The van der Waals surface area contributed by atoms with E-state index in [0.29, 0.717) is 22.8 Å². The van der Waals surface area contributed by atoms with Crippen LogP contribution in [-0.4, -0.2) is 25.7 Å². The predicted octanol–water partition coefficient (Wildman–Crippen LogP) is 1.56. The Bertz CT molecular complexity index is 750. The lowest BCUT2D eigenvalue weighted by atomic mass is 10.2. The molecule has 0 saturated heterocycles. The molecule has 0 radical (unpaired) electrons. The summed E-state index contributed by atoms with van der Waals surface area (Å²) in [4.78, 5) is 23.3. The Morgan fingerprint density at radius 2 is 2.12 bits per heavy atom. The summed E-state index contributed by atoms with van der Waals surface area (Å²) in [6.45, 7) is -0.215. The van der Waals surface area contributed by atoms with Crippen molar-refractivity contribution in [2.75, 3.05) is 13.7 Å². The van der Waals surface area contributed by atoms with Crippen LogP contribution in [0.15, 0.2) is 41.0 Å². The van der Waals surface area contributed by atoms with Crippen molar-refractivity contribution in [2.24, 2.45) is 0 Å². The van der Waals surface area contributed by atoms with Crippen molar-refractivity contribution in [3.63, 3.8) is 0 Å². The van der Waals surface area contributed by atoms with Crippen molar-refractivity contribution in [1.29, 1.82) is 5.26 Å². The summed E-state index contributed by atoms with van der Waals surface area (Å²) < 4.78 is 15.4. The van der Waals surface area contributed by atoms with Gasteiger partial charge >= 0.3 is 6.03 Å². The number of nitrogens with one attached hydrogen (secondary N) is 2. The normalized spacial score (nSPS) is 9.67. The van der Waals surface area contributed by atoms with Crippen molar-refractivity contribution in [3.8, 4) is 17.6 Å². The van der Waals surface area contributed by atoms with Gasteiger partial charge in [0.1, 0.15) is 5.76 Å². The van der Waals surface area contributed by atoms with Crippen LogP contribution in [-0.2, 0) is 11.3 Å². The molecule has 0 aliphatic carbocycles. The zero-order chi connectivity index (χ0) is 17.4. The van der Waals surface area contributed by atoms with Crippen LogP contribution < -0.4 is 20.1 Å². The number of urea groups is 1. The number of carbonyl (C=O) groups excluding carboxylic acids is 2. The molecular weight excluding hydrogens is 314 g/mol. The molecule has 0 aliphatic rings. The van der Waals surface area contributed by atoms with E-state index in [0.717, 1.165) is 0 Å². The van der Waals surface area contributed by atoms with Crippen molar-refractivity contribution in [1.82, 2.24) is 10.6 Å². The van der Waals surface area contributed by atoms with Gasteiger partial charge in [-0.05, 0) is 24.3 Å². The van der Waals surface area contributed by atoms with E-state index in [1.165, 1.54) is 31.6 Å². The average molecular weight is 329 g/mol. The number of furan rings is 1. The zero-order valence-corrected chi connectivity index (χ0v) is 12.9. The van der Waals surface area contributed by atoms with E-state index in [1.54, 1.807) is 12.1 Å². The molecule has 0 bridgehead atoms. The van der Waals surface area contributed by atoms with Crippen LogP contribution in [0.25, 0.3) is 0 Å². The molecule has 2 aromatic rings. The van der Waals surface area contributed by atoms with Gasteiger partial charge in [0.2, 0.25) is 0 Å². The maximum absolute atomic E-state index is 11.7. The molecule has 0 fully saturated rings. The van der Waals surface area contributed by atoms with E-state index in [4.69, 9.17) is 19.2 Å². The smallest absolute Gasteiger partial charge is 0.321 e. The van der Waals surface area contributed by atoms with Crippen LogP contribution in [0.4, 0.5) is 4.79 Å². The quantitative estimate of drug-likeness (QED) is 0.831. The molecule has 1 heterocycles. The van der Waals surface area contributed by atoms with E-state index in [9.17, 15) is 9.59 Å². The summed E-state index contributed by atoms with van der Waals surface area (Å²) in [6.07, 6.45) is 1.49. The number of methoxy groups -OCH3 is 1. The van der Waals surface area contributed by atoms with E-state index in [2.05, 4.69) is 10.6 Å². The van der Waals surface area contributed by atoms with Crippen LogP contribution in [0, 0.1) is 11.3 Å². The molecule has 1 aromatic carbocycles. The summed E-state index contributed by atoms with van der Waals surface area (Å²) >= 11 is 0. The first-order valence-corrected chi connectivity index (χ1v) is 6.93. The van der Waals surface area contributed by atoms with Crippen molar-refractivity contribution < 1.29 is 23.5 Å². The Hall–Kier alpha value is -3.47. The third-order valence-electron chi connectivity index (χ3n) is 2.91. The first kappa shape index (κ1) is 16.9. The Kier molecular flexibility index (Phi) is 5.80. The van der Waals surface area contributed by atoms with Crippen molar-refractivity contribution in [3.05, 3.63) is 47.9 Å². The zero-order valence-electron chi connectivity index (χ0n) is 12.9. The second-order valence-electron chi connectivity index (χ2n) is 4.58. The minimum atomic E-state index is -0.660. The van der Waals surface area contributed by atoms with Gasteiger partial charge in [-0.2, -0.15) is 5.26 Å². The van der Waals surface area contributed by atoms with Gasteiger partial charge in [-0.15, -0.1) is 0 Å². The highest BCUT2D eigenvalue weighted by Gasteiger charge is 2.11. The number of hydrogen-bond donors (Lipinski definition) is 2. The second kappa shape index (κ2) is 8.24. The molecule has 8 nitrogen and oxygen atoms in total. The minimum Gasteiger partial charge on any atom is -0.493 e. The van der Waals surface area contributed by atoms with Gasteiger partial charge in [0.15, 0.2) is 18.1 Å². The monoisotopic (exact) mass is 329 g/mol. The van der Waals surface area contributed by atoms with Crippen LogP contribution in [0.1, 0.15) is 11.3 Å². The topological polar surface area (TPSA) is 114 Å². The number of rotatable bonds is 6. The number of carbonyl (C=O) groups is 2. The molecular formula is C16H15N3O5. The number of hydrogen-bond acceptors (Lipinski definition) is 6. The molecule has 0 aliphatic heterocycles. The number of ether oxygens (including phenoxy) is 2. The third kappa shape index (κ3) is 4.78. The molecule has 3 amide bonds. The predicted molar refractivity (Wildman–Crippen MR) is 82.3 cm³/mol. The van der Waals surface area contributed by atoms with Crippen LogP contribution >= 0.6 is 0 Å². The molecule has 124 valence electrons. The van der Waals surface area contributed by atoms with Gasteiger partial charge in [0, 0.05) is 6.07 Å². The Labute approximate surface area is 138 Å². The molecule has 0 atom stereocenters. The number of amides is 3. The van der Waals surface area contributed by atoms with Gasteiger partial charge in [-0.3, -0.25) is 10.1 Å². The number of nitrogens with zero attached hydrogens (tertiary/aromatic N) is 1. The maximum atomic E-state index is 11.7. The van der Waals surface area contributed by atoms with Crippen molar-refractivity contribution in [2.45, 2.75) is 6.54 Å². The first-order valence-electron chi connectivity index (χ1n) is 6.93. The van der Waals surface area contributed by atoms with Crippen LogP contribution in [0.2, 0.25) is 0 Å². The van der Waals surface area contributed by atoms with E-state index in [-0.39, 0.29) is 13.2 Å². The highest BCUT2D eigenvalue weighted by molar-refractivity contribution is 5.94. The first-order chi connectivity index (χ1) is 11.6. The SMILES string of the molecule is COc1cc(C#N)ccc1OCC(=O)NC(=O)NCc1ccco1. The second-order valence-corrected chi connectivity index (χ2v) is 4.58. The molecule has 0 saturated carbocycles. The summed E-state index contributed by atoms with van der Waals surface area (Å²) in [6, 6.07) is 9.24. The number of nitriles is 1. The van der Waals surface area contributed by atoms with Crippen LogP contribution in [0.5, 0.6) is 11.5 Å². The molecule has 0 unspecified atom stereocenters. The fraction of sp³-hybridized carbons (Fsp3) is 0.188. The lowest BCUT2D eigenvalue weighted by Crippen LogP contribution is -2.41. The van der Waals surface area contributed by atoms with E-state index in [1.807, 2.05) is 6.07 Å². The standard InChI is InChI=1S/C16H15N3O5/c1-22-14-7-11(8-17)4-5-13(14)24-10-15(20)19-16(21)18-9-12-3-2-6-23-12/h2-7H,9-10H2,1H3,(H2,18,19,20,21). The Balaban J connectivity index is 1.80. The average Bonchev–Trinajstić information content (AvgIpc) is 3.11. The fourth-order valence-electron chi connectivity index (χ4n) is 1.79. The summed E-state index contributed by atoms with van der Waals surface area (Å²) in [7, 11) is 1.42. The summed E-state index contributed by atoms with van der Waals surface area (Å²) in [5, 5.41) is 13.4. The molecule has 24 heavy (non-hydrogen) atoms. The highest BCUT2D eigenvalue weighted by atomic mass is 16.5. The van der Waals surface area contributed by atoms with Gasteiger partial charge in [-0.1, -0.05) is 0 Å². The molecule has 0 spiro atoms. The Morgan fingerprint density at radius 3 is 2.79 bits per heavy atom. The molecule has 2 rings (SSSR count). The highest BCUT2D eigenvalue weighted by Crippen LogP contribution is 2.27. The molecule has 1 aromatic heterocycles. The minimum absolute atomic E-state index is 0.163. The number of imide groups is 1. The number of benzene rings is 1. The maximum Gasteiger partial charge on any atom is 0.321 e. The molecule has 2 N–H and O–H groups in total. The Morgan fingerprint density at radius 1 is 1.29 bits per heavy atom. The van der Waals surface area contributed by atoms with E-state index < -0.39 is 11.9 Å².